The Bertz CT molecular complexity index is 1440. The van der Waals surface area contributed by atoms with E-state index in [9.17, 15) is 14.0 Å². The molecule has 35 heavy (non-hydrogen) atoms. The van der Waals surface area contributed by atoms with E-state index in [1.165, 1.54) is 52.0 Å². The van der Waals surface area contributed by atoms with Crippen LogP contribution in [0.3, 0.4) is 0 Å². The predicted octanol–water partition coefficient (Wildman–Crippen LogP) is 3.55. The molecule has 1 amide bonds. The van der Waals surface area contributed by atoms with E-state index in [1.54, 1.807) is 0 Å². The van der Waals surface area contributed by atoms with Crippen molar-refractivity contribution in [2.75, 3.05) is 31.1 Å². The fourth-order valence-electron chi connectivity index (χ4n) is 4.49. The summed E-state index contributed by atoms with van der Waals surface area (Å²) in [6.45, 7) is 7.25. The number of hydrogen-bond acceptors (Lipinski definition) is 6. The molecule has 0 radical (unpaired) electrons. The van der Waals surface area contributed by atoms with E-state index in [-0.39, 0.29) is 41.3 Å². The molecule has 0 N–H and O–H groups in total. The number of carbonyl (C=O) groups excluding carboxylic acids is 1. The molecule has 5 rings (SSSR count). The van der Waals surface area contributed by atoms with Crippen LogP contribution in [0.5, 0.6) is 0 Å². The summed E-state index contributed by atoms with van der Waals surface area (Å²) in [6, 6.07) is 12.0. The van der Waals surface area contributed by atoms with Crippen LogP contribution in [0.15, 0.2) is 58.1 Å². The minimum atomic E-state index is -0.384. The summed E-state index contributed by atoms with van der Waals surface area (Å²) in [6.07, 6.45) is 1.56. The van der Waals surface area contributed by atoms with Gasteiger partial charge in [0.15, 0.2) is 0 Å². The van der Waals surface area contributed by atoms with E-state index < -0.39 is 0 Å². The van der Waals surface area contributed by atoms with Crippen molar-refractivity contribution in [3.63, 3.8) is 0 Å². The van der Waals surface area contributed by atoms with Crippen molar-refractivity contribution in [1.82, 2.24) is 19.6 Å². The molecule has 1 fully saturated rings. The zero-order valence-corrected chi connectivity index (χ0v) is 19.7. The lowest BCUT2D eigenvalue weighted by Gasteiger charge is -2.37. The van der Waals surface area contributed by atoms with Gasteiger partial charge in [-0.2, -0.15) is 0 Å². The Balaban J connectivity index is 1.26. The van der Waals surface area contributed by atoms with Crippen LogP contribution in [0.4, 0.5) is 10.1 Å². The second-order valence-corrected chi connectivity index (χ2v) is 8.80. The van der Waals surface area contributed by atoms with Crippen LogP contribution in [0, 0.1) is 19.7 Å². The number of rotatable bonds is 5. The second-order valence-electron chi connectivity index (χ2n) is 8.80. The van der Waals surface area contributed by atoms with Gasteiger partial charge in [-0.25, -0.2) is 9.37 Å². The third-order valence-electron chi connectivity index (χ3n) is 6.70. The summed E-state index contributed by atoms with van der Waals surface area (Å²) >= 11 is 0. The lowest BCUT2D eigenvalue weighted by Crippen LogP contribution is -2.49. The van der Waals surface area contributed by atoms with Crippen LogP contribution >= 0.6 is 0 Å². The lowest BCUT2D eigenvalue weighted by molar-refractivity contribution is -0.131. The Morgan fingerprint density at radius 1 is 1.06 bits per heavy atom. The number of amides is 1. The first-order chi connectivity index (χ1) is 16.9. The Hall–Kier alpha value is -4.01. The van der Waals surface area contributed by atoms with E-state index in [2.05, 4.69) is 47.1 Å². The van der Waals surface area contributed by atoms with Gasteiger partial charge in [-0.05, 0) is 55.3 Å². The molecule has 1 aliphatic rings. The van der Waals surface area contributed by atoms with E-state index in [0.29, 0.717) is 24.3 Å². The summed E-state index contributed by atoms with van der Waals surface area (Å²) in [4.78, 5) is 34.4. The van der Waals surface area contributed by atoms with Gasteiger partial charge in [0, 0.05) is 50.4 Å². The third kappa shape index (κ3) is 4.41. The van der Waals surface area contributed by atoms with Crippen LogP contribution in [-0.2, 0) is 11.3 Å². The summed E-state index contributed by atoms with van der Waals surface area (Å²) in [5.74, 6) is -0.382. The molecule has 1 aliphatic heterocycles. The van der Waals surface area contributed by atoms with Gasteiger partial charge < -0.3 is 14.3 Å². The second kappa shape index (κ2) is 9.32. The first-order valence-electron chi connectivity index (χ1n) is 11.6. The van der Waals surface area contributed by atoms with Crippen molar-refractivity contribution in [3.05, 3.63) is 76.1 Å². The van der Waals surface area contributed by atoms with E-state index in [1.807, 2.05) is 4.90 Å². The fraction of sp³-hybridized carbons (Fsp3) is 0.308. The molecular formula is C26H26FN5O3. The number of benzene rings is 2. The number of aryl methyl sites for hydroxylation is 2. The molecule has 8 nitrogen and oxygen atoms in total. The van der Waals surface area contributed by atoms with Gasteiger partial charge in [0.1, 0.15) is 23.2 Å². The van der Waals surface area contributed by atoms with Crippen molar-refractivity contribution < 1.29 is 13.7 Å². The highest BCUT2D eigenvalue weighted by Gasteiger charge is 2.23. The van der Waals surface area contributed by atoms with Crippen LogP contribution < -0.4 is 10.5 Å². The Labute approximate surface area is 201 Å². The highest BCUT2D eigenvalue weighted by molar-refractivity contribution is 5.88. The number of piperazine rings is 1. The first-order valence-corrected chi connectivity index (χ1v) is 11.6. The van der Waals surface area contributed by atoms with Crippen molar-refractivity contribution in [1.29, 1.82) is 0 Å². The number of aromatic nitrogens is 3. The number of fused-ring (bicyclic) bond motifs is 1. The highest BCUT2D eigenvalue weighted by atomic mass is 19.1. The third-order valence-corrected chi connectivity index (χ3v) is 6.70. The number of nitrogens with zero attached hydrogens (tertiary/aromatic N) is 5. The number of halogens is 1. The van der Waals surface area contributed by atoms with E-state index >= 15 is 0 Å². The molecule has 2 aromatic carbocycles. The van der Waals surface area contributed by atoms with Crippen LogP contribution in [-0.4, -0.2) is 51.7 Å². The maximum atomic E-state index is 13.3. The summed E-state index contributed by atoms with van der Waals surface area (Å²) in [5, 5.41) is 4.17. The molecular weight excluding hydrogens is 449 g/mol. The topological polar surface area (TPSA) is 84.5 Å². The van der Waals surface area contributed by atoms with Crippen molar-refractivity contribution in [2.45, 2.75) is 26.8 Å². The highest BCUT2D eigenvalue weighted by Crippen LogP contribution is 2.25. The summed E-state index contributed by atoms with van der Waals surface area (Å²) in [7, 11) is 0. The van der Waals surface area contributed by atoms with Crippen LogP contribution in [0.2, 0.25) is 0 Å². The molecule has 0 aliphatic carbocycles. The van der Waals surface area contributed by atoms with Gasteiger partial charge in [-0.15, -0.1) is 0 Å². The first kappa shape index (κ1) is 22.8. The van der Waals surface area contributed by atoms with Crippen LogP contribution in [0.25, 0.3) is 22.4 Å². The molecule has 3 heterocycles. The van der Waals surface area contributed by atoms with E-state index in [0.717, 1.165) is 13.1 Å². The SMILES string of the molecule is Cc1cccc(N2CCN(C(=O)CCn3cnc4onc(-c5ccc(F)cc5)c4c3=O)CC2)c1C. The summed E-state index contributed by atoms with van der Waals surface area (Å²) in [5.41, 5.74) is 4.37. The molecule has 2 aromatic heterocycles. The van der Waals surface area contributed by atoms with Crippen molar-refractivity contribution in [3.8, 4) is 11.3 Å². The molecule has 0 saturated carbocycles. The number of anilines is 1. The van der Waals surface area contributed by atoms with Gasteiger partial charge >= 0.3 is 0 Å². The van der Waals surface area contributed by atoms with Crippen molar-refractivity contribution in [2.24, 2.45) is 0 Å². The van der Waals surface area contributed by atoms with Crippen molar-refractivity contribution >= 4 is 22.7 Å². The quantitative estimate of drug-likeness (QED) is 0.439. The van der Waals surface area contributed by atoms with Gasteiger partial charge in [-0.1, -0.05) is 17.3 Å². The zero-order chi connectivity index (χ0) is 24.5. The Morgan fingerprint density at radius 3 is 2.54 bits per heavy atom. The monoisotopic (exact) mass is 475 g/mol. The molecule has 180 valence electrons. The molecule has 0 bridgehead atoms. The molecule has 0 spiro atoms. The largest absolute Gasteiger partial charge is 0.368 e. The average molecular weight is 476 g/mol. The predicted molar refractivity (Wildman–Crippen MR) is 131 cm³/mol. The van der Waals surface area contributed by atoms with Gasteiger partial charge in [0.2, 0.25) is 5.91 Å². The average Bonchev–Trinajstić information content (AvgIpc) is 3.31. The van der Waals surface area contributed by atoms with Crippen LogP contribution in [0.1, 0.15) is 17.5 Å². The number of carbonyl (C=O) groups is 1. The fourth-order valence-corrected chi connectivity index (χ4v) is 4.49. The normalized spacial score (nSPS) is 14.0. The summed E-state index contributed by atoms with van der Waals surface area (Å²) < 4.78 is 19.9. The zero-order valence-electron chi connectivity index (χ0n) is 19.7. The minimum absolute atomic E-state index is 0.00156. The van der Waals surface area contributed by atoms with Gasteiger partial charge in [0.25, 0.3) is 11.3 Å². The van der Waals surface area contributed by atoms with Gasteiger partial charge in [0.05, 0.1) is 0 Å². The minimum Gasteiger partial charge on any atom is -0.368 e. The molecule has 0 unspecified atom stereocenters. The molecule has 4 aromatic rings. The number of hydrogen-bond donors (Lipinski definition) is 0. The Morgan fingerprint density at radius 2 is 1.80 bits per heavy atom. The smallest absolute Gasteiger partial charge is 0.266 e. The molecule has 1 saturated heterocycles. The maximum Gasteiger partial charge on any atom is 0.266 e. The van der Waals surface area contributed by atoms with Gasteiger partial charge in [-0.3, -0.25) is 14.2 Å². The van der Waals surface area contributed by atoms with E-state index in [4.69, 9.17) is 4.52 Å². The Kier molecular flexibility index (Phi) is 6.07. The molecule has 9 heteroatoms. The standard InChI is InChI=1S/C26H26FN5O3/c1-17-4-3-5-21(18(17)2)30-12-14-31(15-13-30)22(33)10-11-32-16-28-25-23(26(32)34)24(29-35-25)19-6-8-20(27)9-7-19/h3-9,16H,10-15H2,1-2H3. The lowest BCUT2D eigenvalue weighted by atomic mass is 10.1. The maximum absolute atomic E-state index is 13.3. The molecule has 0 atom stereocenters.